The van der Waals surface area contributed by atoms with Crippen LogP contribution >= 0.6 is 12.6 Å². The predicted molar refractivity (Wildman–Crippen MR) is 72.7 cm³/mol. The first-order valence-electron chi connectivity index (χ1n) is 5.05. The molecule has 0 aliphatic heterocycles. The SMILES string of the molecule is C=CC[N+](CC=C)(C(=O)S)c1ccccc1. The van der Waals surface area contributed by atoms with Gasteiger partial charge < -0.3 is 0 Å². The molecule has 0 aliphatic rings. The molecule has 2 nitrogen and oxygen atoms in total. The Morgan fingerprint density at radius 1 is 1.19 bits per heavy atom. The van der Waals surface area contributed by atoms with Crippen LogP contribution in [-0.4, -0.2) is 18.3 Å². The number of benzene rings is 1. The van der Waals surface area contributed by atoms with Gasteiger partial charge in [-0.15, -0.1) is 0 Å². The van der Waals surface area contributed by atoms with Crippen molar-refractivity contribution in [1.29, 1.82) is 0 Å². The monoisotopic (exact) mass is 234 g/mol. The number of hydrogen-bond donors (Lipinski definition) is 1. The molecule has 0 saturated heterocycles. The van der Waals surface area contributed by atoms with E-state index in [1.165, 1.54) is 0 Å². The zero-order valence-electron chi connectivity index (χ0n) is 9.17. The van der Waals surface area contributed by atoms with Crippen LogP contribution in [-0.2, 0) is 0 Å². The molecule has 0 atom stereocenters. The summed E-state index contributed by atoms with van der Waals surface area (Å²) < 4.78 is 0.122. The normalized spacial score (nSPS) is 10.8. The van der Waals surface area contributed by atoms with E-state index < -0.39 is 0 Å². The van der Waals surface area contributed by atoms with E-state index in [0.717, 1.165) is 5.69 Å². The van der Waals surface area contributed by atoms with Gasteiger partial charge in [0, 0.05) is 0 Å². The van der Waals surface area contributed by atoms with Crippen LogP contribution in [0.15, 0.2) is 55.6 Å². The first-order valence-corrected chi connectivity index (χ1v) is 5.50. The zero-order chi connectivity index (χ0) is 12.0. The number of thiol groups is 1. The molecule has 0 unspecified atom stereocenters. The van der Waals surface area contributed by atoms with Crippen LogP contribution in [0.3, 0.4) is 0 Å². The summed E-state index contributed by atoms with van der Waals surface area (Å²) in [5, 5.41) is -0.203. The van der Waals surface area contributed by atoms with Gasteiger partial charge in [-0.3, -0.25) is 0 Å². The molecule has 84 valence electrons. The fourth-order valence-corrected chi connectivity index (χ4v) is 1.98. The molecule has 1 amide bonds. The van der Waals surface area contributed by atoms with Gasteiger partial charge in [0.25, 0.3) is 0 Å². The van der Waals surface area contributed by atoms with Gasteiger partial charge in [0.05, 0.1) is 0 Å². The van der Waals surface area contributed by atoms with E-state index >= 15 is 0 Å². The predicted octanol–water partition coefficient (Wildman–Crippen LogP) is 3.42. The van der Waals surface area contributed by atoms with Gasteiger partial charge in [-0.1, -0.05) is 31.4 Å². The first kappa shape index (κ1) is 12.7. The molecule has 0 spiro atoms. The molecule has 1 aromatic rings. The van der Waals surface area contributed by atoms with Gasteiger partial charge in [-0.2, -0.15) is 0 Å². The number of para-hydroxylation sites is 1. The second kappa shape index (κ2) is 5.68. The van der Waals surface area contributed by atoms with Gasteiger partial charge in [-0.05, 0) is 36.9 Å². The summed E-state index contributed by atoms with van der Waals surface area (Å²) in [5.74, 6) is 0. The standard InChI is InChI=1S/C13H15NOS/c1-3-10-14(11-4-2,13(15)16)12-8-6-5-7-9-12/h3-9H,1-2,10-11H2/p+1. The lowest BCUT2D eigenvalue weighted by Gasteiger charge is -2.31. The molecule has 3 heteroatoms. The van der Waals surface area contributed by atoms with Crippen LogP contribution in [0.1, 0.15) is 0 Å². The van der Waals surface area contributed by atoms with Gasteiger partial charge in [-0.25, -0.2) is 9.28 Å². The molecular formula is C13H16NOS+. The highest BCUT2D eigenvalue weighted by molar-refractivity contribution is 7.96. The maximum atomic E-state index is 11.8. The Labute approximate surface area is 102 Å². The summed E-state index contributed by atoms with van der Waals surface area (Å²) in [6, 6.07) is 9.57. The fraction of sp³-hybridized carbons (Fsp3) is 0.154. The van der Waals surface area contributed by atoms with E-state index in [9.17, 15) is 4.79 Å². The average molecular weight is 234 g/mol. The highest BCUT2D eigenvalue weighted by Crippen LogP contribution is 2.25. The minimum atomic E-state index is -0.203. The zero-order valence-corrected chi connectivity index (χ0v) is 10.1. The lowest BCUT2D eigenvalue weighted by atomic mass is 10.2. The molecule has 0 N–H and O–H groups in total. The molecule has 0 heterocycles. The third kappa shape index (κ3) is 2.43. The van der Waals surface area contributed by atoms with Gasteiger partial charge >= 0.3 is 5.24 Å². The van der Waals surface area contributed by atoms with Crippen molar-refractivity contribution in [2.45, 2.75) is 0 Å². The summed E-state index contributed by atoms with van der Waals surface area (Å²) in [6.45, 7) is 8.42. The molecular weight excluding hydrogens is 218 g/mol. The molecule has 0 saturated carbocycles. The number of nitrogens with zero attached hydrogens (tertiary/aromatic N) is 1. The Morgan fingerprint density at radius 3 is 2.06 bits per heavy atom. The van der Waals surface area contributed by atoms with E-state index in [2.05, 4.69) is 25.8 Å². The van der Waals surface area contributed by atoms with Crippen molar-refractivity contribution >= 4 is 23.6 Å². The van der Waals surface area contributed by atoms with Crippen LogP contribution < -0.4 is 4.48 Å². The number of carbonyl (C=O) groups is 1. The van der Waals surface area contributed by atoms with Crippen molar-refractivity contribution in [2.24, 2.45) is 0 Å². The molecule has 0 radical (unpaired) electrons. The van der Waals surface area contributed by atoms with E-state index in [1.807, 2.05) is 30.3 Å². The minimum Gasteiger partial charge on any atom is -0.219 e. The Balaban J connectivity index is 3.25. The number of rotatable bonds is 5. The van der Waals surface area contributed by atoms with Crippen LogP contribution in [0.2, 0.25) is 0 Å². The molecule has 0 aliphatic carbocycles. The summed E-state index contributed by atoms with van der Waals surface area (Å²) in [7, 11) is 0. The van der Waals surface area contributed by atoms with E-state index in [1.54, 1.807) is 12.2 Å². The van der Waals surface area contributed by atoms with Crippen LogP contribution in [0.4, 0.5) is 10.5 Å². The van der Waals surface area contributed by atoms with Gasteiger partial charge in [0.2, 0.25) is 0 Å². The average Bonchev–Trinajstić information content (AvgIpc) is 2.29. The molecule has 0 aromatic heterocycles. The number of hydrogen-bond acceptors (Lipinski definition) is 1. The van der Waals surface area contributed by atoms with E-state index in [4.69, 9.17) is 0 Å². The molecule has 1 rings (SSSR count). The fourth-order valence-electron chi connectivity index (χ4n) is 1.71. The summed E-state index contributed by atoms with van der Waals surface area (Å²) in [6.07, 6.45) is 3.45. The van der Waals surface area contributed by atoms with Crippen molar-refractivity contribution in [1.82, 2.24) is 4.48 Å². The lowest BCUT2D eigenvalue weighted by Crippen LogP contribution is -2.51. The second-order valence-electron chi connectivity index (χ2n) is 3.53. The number of carbonyl (C=O) groups excluding carboxylic acids is 1. The summed E-state index contributed by atoms with van der Waals surface area (Å²) in [4.78, 5) is 11.8. The Kier molecular flexibility index (Phi) is 4.52. The molecule has 0 bridgehead atoms. The van der Waals surface area contributed by atoms with Crippen molar-refractivity contribution in [2.75, 3.05) is 13.1 Å². The van der Waals surface area contributed by atoms with Gasteiger partial charge in [0.15, 0.2) is 0 Å². The third-order valence-electron chi connectivity index (χ3n) is 2.50. The van der Waals surface area contributed by atoms with Crippen LogP contribution in [0, 0.1) is 0 Å². The second-order valence-corrected chi connectivity index (χ2v) is 3.91. The molecule has 1 aromatic carbocycles. The molecule has 0 fully saturated rings. The number of quaternary nitrogens is 1. The Hall–Kier alpha value is -1.32. The molecule has 16 heavy (non-hydrogen) atoms. The smallest absolute Gasteiger partial charge is 0.219 e. The van der Waals surface area contributed by atoms with Crippen molar-refractivity contribution in [3.8, 4) is 0 Å². The van der Waals surface area contributed by atoms with E-state index in [-0.39, 0.29) is 9.72 Å². The minimum absolute atomic E-state index is 0.122. The maximum absolute atomic E-state index is 11.8. The summed E-state index contributed by atoms with van der Waals surface area (Å²) in [5.41, 5.74) is 0.905. The maximum Gasteiger partial charge on any atom is 0.377 e. The topological polar surface area (TPSA) is 17.1 Å². The number of amides is 1. The lowest BCUT2D eigenvalue weighted by molar-refractivity contribution is 0.233. The largest absolute Gasteiger partial charge is 0.377 e. The van der Waals surface area contributed by atoms with Crippen LogP contribution in [0.5, 0.6) is 0 Å². The van der Waals surface area contributed by atoms with Crippen LogP contribution in [0.25, 0.3) is 0 Å². The van der Waals surface area contributed by atoms with Crippen molar-refractivity contribution in [3.63, 3.8) is 0 Å². The van der Waals surface area contributed by atoms with Crippen molar-refractivity contribution in [3.05, 3.63) is 55.6 Å². The van der Waals surface area contributed by atoms with Crippen molar-refractivity contribution < 1.29 is 4.79 Å². The Morgan fingerprint density at radius 2 is 1.69 bits per heavy atom. The third-order valence-corrected chi connectivity index (χ3v) is 2.88. The Bertz CT molecular complexity index is 376. The van der Waals surface area contributed by atoms with Gasteiger partial charge in [0.1, 0.15) is 18.8 Å². The van der Waals surface area contributed by atoms with E-state index in [0.29, 0.717) is 13.1 Å². The first-order chi connectivity index (χ1) is 7.67. The highest BCUT2D eigenvalue weighted by atomic mass is 32.1. The quantitative estimate of drug-likeness (QED) is 0.469. The highest BCUT2D eigenvalue weighted by Gasteiger charge is 2.34. The summed E-state index contributed by atoms with van der Waals surface area (Å²) >= 11 is 4.00.